The molecule has 1 aromatic carbocycles. The first-order chi connectivity index (χ1) is 9.52. The molecule has 0 N–H and O–H groups in total. The number of aromatic nitrogens is 1. The minimum atomic E-state index is 1.28. The van der Waals surface area contributed by atoms with Crippen molar-refractivity contribution in [1.29, 1.82) is 0 Å². The zero-order valence-electron chi connectivity index (χ0n) is 12.9. The molecule has 2 aromatic heterocycles. The van der Waals surface area contributed by atoms with Crippen LogP contribution in [0.15, 0.2) is 36.7 Å². The Labute approximate surface area is 120 Å². The van der Waals surface area contributed by atoms with E-state index in [0.717, 1.165) is 0 Å². The molecule has 0 unspecified atom stereocenters. The Morgan fingerprint density at radius 1 is 0.650 bits per heavy atom. The molecule has 0 fully saturated rings. The number of hydrogen-bond donors (Lipinski definition) is 0. The molecule has 3 aromatic rings. The Morgan fingerprint density at radius 3 is 1.75 bits per heavy atom. The van der Waals surface area contributed by atoms with Crippen LogP contribution < -0.4 is 0 Å². The van der Waals surface area contributed by atoms with Crippen LogP contribution in [-0.4, -0.2) is 4.40 Å². The molecule has 20 heavy (non-hydrogen) atoms. The van der Waals surface area contributed by atoms with Crippen LogP contribution in [0.1, 0.15) is 27.8 Å². The summed E-state index contributed by atoms with van der Waals surface area (Å²) in [6.45, 7) is 11.2. The van der Waals surface area contributed by atoms with Gasteiger partial charge < -0.3 is 4.40 Å². The topological polar surface area (TPSA) is 4.41 Å². The fourth-order valence-corrected chi connectivity index (χ4v) is 3.18. The maximum atomic E-state index is 2.25. The molecule has 0 spiro atoms. The lowest BCUT2D eigenvalue weighted by Gasteiger charge is -2.19. The highest BCUT2D eigenvalue weighted by atomic mass is 14.8. The predicted octanol–water partition coefficient (Wildman–Crippen LogP) is 5.15. The van der Waals surface area contributed by atoms with Gasteiger partial charge >= 0.3 is 0 Å². The predicted molar refractivity (Wildman–Crippen MR) is 86.5 cm³/mol. The van der Waals surface area contributed by atoms with E-state index in [9.17, 15) is 0 Å². The van der Waals surface area contributed by atoms with Gasteiger partial charge in [0.05, 0.1) is 5.52 Å². The van der Waals surface area contributed by atoms with Crippen LogP contribution >= 0.6 is 0 Å². The summed E-state index contributed by atoms with van der Waals surface area (Å²) in [6, 6.07) is 8.67. The van der Waals surface area contributed by atoms with Gasteiger partial charge in [-0.3, -0.25) is 0 Å². The van der Waals surface area contributed by atoms with Crippen molar-refractivity contribution in [2.24, 2.45) is 0 Å². The standard InChI is InChI=1S/C19H21N/c1-12-13(2)15(4)19(16(5)14(12)3)17-8-6-10-20-11-7-9-18(17)20/h6-11H,1-5H3. The second-order valence-electron chi connectivity index (χ2n) is 5.72. The Hall–Kier alpha value is -2.02. The summed E-state index contributed by atoms with van der Waals surface area (Å²) in [4.78, 5) is 0. The lowest BCUT2D eigenvalue weighted by Crippen LogP contribution is -2.00. The van der Waals surface area contributed by atoms with E-state index in [-0.39, 0.29) is 0 Å². The van der Waals surface area contributed by atoms with Gasteiger partial charge in [0.15, 0.2) is 0 Å². The van der Waals surface area contributed by atoms with Gasteiger partial charge in [0.25, 0.3) is 0 Å². The maximum Gasteiger partial charge on any atom is 0.0528 e. The van der Waals surface area contributed by atoms with Crippen molar-refractivity contribution in [3.05, 3.63) is 64.5 Å². The van der Waals surface area contributed by atoms with E-state index in [0.29, 0.717) is 0 Å². The zero-order valence-corrected chi connectivity index (χ0v) is 12.9. The van der Waals surface area contributed by atoms with Crippen molar-refractivity contribution in [3.63, 3.8) is 0 Å². The van der Waals surface area contributed by atoms with E-state index >= 15 is 0 Å². The minimum absolute atomic E-state index is 1.28. The molecule has 1 nitrogen and oxygen atoms in total. The van der Waals surface area contributed by atoms with Crippen molar-refractivity contribution >= 4 is 5.52 Å². The molecule has 3 rings (SSSR count). The van der Waals surface area contributed by atoms with Gasteiger partial charge in [0.1, 0.15) is 0 Å². The lowest BCUT2D eigenvalue weighted by molar-refractivity contribution is 1.17. The van der Waals surface area contributed by atoms with Crippen LogP contribution in [-0.2, 0) is 0 Å². The normalized spacial score (nSPS) is 11.2. The quantitative estimate of drug-likeness (QED) is 0.572. The van der Waals surface area contributed by atoms with Gasteiger partial charge in [-0.2, -0.15) is 0 Å². The van der Waals surface area contributed by atoms with Crippen LogP contribution in [0.25, 0.3) is 16.6 Å². The van der Waals surface area contributed by atoms with E-state index in [1.165, 1.54) is 44.5 Å². The highest BCUT2D eigenvalue weighted by Gasteiger charge is 2.15. The molecule has 0 atom stereocenters. The first kappa shape index (κ1) is 13.0. The summed E-state index contributed by atoms with van der Waals surface area (Å²) in [6.07, 6.45) is 4.22. The summed E-state index contributed by atoms with van der Waals surface area (Å²) in [5, 5.41) is 0. The van der Waals surface area contributed by atoms with Crippen LogP contribution in [0.2, 0.25) is 0 Å². The Bertz CT molecular complexity index is 777. The van der Waals surface area contributed by atoms with E-state index in [1.54, 1.807) is 0 Å². The number of pyridine rings is 1. The zero-order chi connectivity index (χ0) is 14.4. The number of nitrogens with zero attached hydrogens (tertiary/aromatic N) is 1. The fourth-order valence-electron chi connectivity index (χ4n) is 3.18. The molecular weight excluding hydrogens is 242 g/mol. The van der Waals surface area contributed by atoms with Gasteiger partial charge in [-0.15, -0.1) is 0 Å². The summed E-state index contributed by atoms with van der Waals surface area (Å²) < 4.78 is 2.19. The average Bonchev–Trinajstić information content (AvgIpc) is 2.92. The van der Waals surface area contributed by atoms with Crippen LogP contribution in [0, 0.1) is 34.6 Å². The molecule has 2 heterocycles. The molecule has 0 radical (unpaired) electrons. The highest BCUT2D eigenvalue weighted by molar-refractivity contribution is 5.85. The first-order valence-corrected chi connectivity index (χ1v) is 7.15. The van der Waals surface area contributed by atoms with Gasteiger partial charge in [-0.05, 0) is 86.2 Å². The second kappa shape index (κ2) is 4.52. The first-order valence-electron chi connectivity index (χ1n) is 7.15. The Morgan fingerprint density at radius 2 is 1.15 bits per heavy atom. The smallest absolute Gasteiger partial charge is 0.0528 e. The van der Waals surface area contributed by atoms with Crippen molar-refractivity contribution in [2.45, 2.75) is 34.6 Å². The summed E-state index contributed by atoms with van der Waals surface area (Å²) >= 11 is 0. The molecule has 0 amide bonds. The maximum absolute atomic E-state index is 2.25. The third-order valence-electron chi connectivity index (χ3n) is 4.83. The molecule has 0 saturated heterocycles. The minimum Gasteiger partial charge on any atom is -0.323 e. The number of hydrogen-bond acceptors (Lipinski definition) is 0. The number of benzene rings is 1. The van der Waals surface area contributed by atoms with Crippen LogP contribution in [0.5, 0.6) is 0 Å². The lowest BCUT2D eigenvalue weighted by atomic mass is 9.86. The van der Waals surface area contributed by atoms with E-state index in [2.05, 4.69) is 75.7 Å². The third kappa shape index (κ3) is 1.70. The second-order valence-corrected chi connectivity index (χ2v) is 5.72. The van der Waals surface area contributed by atoms with Crippen molar-refractivity contribution < 1.29 is 0 Å². The molecule has 0 aliphatic rings. The van der Waals surface area contributed by atoms with Gasteiger partial charge in [0.2, 0.25) is 0 Å². The number of rotatable bonds is 1. The monoisotopic (exact) mass is 263 g/mol. The Balaban J connectivity index is 2.44. The van der Waals surface area contributed by atoms with E-state index < -0.39 is 0 Å². The van der Waals surface area contributed by atoms with Crippen molar-refractivity contribution in [2.75, 3.05) is 0 Å². The largest absolute Gasteiger partial charge is 0.323 e. The van der Waals surface area contributed by atoms with Crippen molar-refractivity contribution in [3.8, 4) is 11.1 Å². The van der Waals surface area contributed by atoms with Gasteiger partial charge in [0, 0.05) is 18.0 Å². The summed E-state index contributed by atoms with van der Waals surface area (Å²) in [7, 11) is 0. The molecule has 0 saturated carbocycles. The number of fused-ring (bicyclic) bond motifs is 1. The Kier molecular flexibility index (Phi) is 2.93. The fraction of sp³-hybridized carbons (Fsp3) is 0.263. The highest BCUT2D eigenvalue weighted by Crippen LogP contribution is 2.36. The average molecular weight is 263 g/mol. The van der Waals surface area contributed by atoms with Crippen molar-refractivity contribution in [1.82, 2.24) is 4.40 Å². The molecular formula is C19H21N. The summed E-state index contributed by atoms with van der Waals surface area (Å²) in [5.74, 6) is 0. The molecule has 0 aliphatic heterocycles. The van der Waals surface area contributed by atoms with E-state index in [1.807, 2.05) is 0 Å². The molecule has 0 bridgehead atoms. The molecule has 0 aliphatic carbocycles. The third-order valence-corrected chi connectivity index (χ3v) is 4.83. The van der Waals surface area contributed by atoms with Crippen LogP contribution in [0.4, 0.5) is 0 Å². The van der Waals surface area contributed by atoms with Gasteiger partial charge in [-0.1, -0.05) is 6.07 Å². The van der Waals surface area contributed by atoms with Crippen LogP contribution in [0.3, 0.4) is 0 Å². The SMILES string of the molecule is Cc1c(C)c(C)c(-c2cccn3cccc23)c(C)c1C. The van der Waals surface area contributed by atoms with Gasteiger partial charge in [-0.25, -0.2) is 0 Å². The molecule has 1 heteroatoms. The molecule has 102 valence electrons. The van der Waals surface area contributed by atoms with E-state index in [4.69, 9.17) is 0 Å². The summed E-state index contributed by atoms with van der Waals surface area (Å²) in [5.41, 5.74) is 11.1.